The Hall–Kier alpha value is -2.24. The van der Waals surface area contributed by atoms with Gasteiger partial charge in [-0.25, -0.2) is 0 Å². The lowest BCUT2D eigenvalue weighted by atomic mass is 10.1. The molecule has 96 valence electrons. The summed E-state index contributed by atoms with van der Waals surface area (Å²) in [6, 6.07) is 3.44. The summed E-state index contributed by atoms with van der Waals surface area (Å²) in [6.45, 7) is 2.78. The molecule has 0 aliphatic carbocycles. The highest BCUT2D eigenvalue weighted by molar-refractivity contribution is 6.39. The molecule has 1 aromatic carbocycles. The van der Waals surface area contributed by atoms with Crippen LogP contribution in [0.2, 0.25) is 0 Å². The van der Waals surface area contributed by atoms with Gasteiger partial charge >= 0.3 is 11.8 Å². The molecule has 0 saturated heterocycles. The molecular weight excluding hydrogens is 236 g/mol. The van der Waals surface area contributed by atoms with Crippen molar-refractivity contribution in [3.05, 3.63) is 17.7 Å². The minimum atomic E-state index is -0.994. The van der Waals surface area contributed by atoms with Crippen LogP contribution in [0.3, 0.4) is 0 Å². The minimum absolute atomic E-state index is 0.461. The lowest BCUT2D eigenvalue weighted by Gasteiger charge is -2.23. The number of ether oxygens (including phenoxy) is 2. The zero-order chi connectivity index (χ0) is 13.3. The standard InChI is InChI=1S/C12H14N2O4/c1-7-5-9-10(18-4-3-17-9)6-8(7)14(2)12(16)11(13)15/h5-6H,3-4H2,1-2H3,(H2,13,15). The molecule has 2 N–H and O–H groups in total. The Labute approximate surface area is 104 Å². The van der Waals surface area contributed by atoms with Gasteiger partial charge in [0.15, 0.2) is 11.5 Å². The highest BCUT2D eigenvalue weighted by Gasteiger charge is 2.21. The normalized spacial score (nSPS) is 13.0. The van der Waals surface area contributed by atoms with Crippen LogP contribution in [0, 0.1) is 6.92 Å². The molecule has 0 atom stereocenters. The van der Waals surface area contributed by atoms with Crippen molar-refractivity contribution in [1.29, 1.82) is 0 Å². The molecular formula is C12H14N2O4. The quantitative estimate of drug-likeness (QED) is 0.722. The van der Waals surface area contributed by atoms with Gasteiger partial charge in [-0.3, -0.25) is 9.59 Å². The number of carbonyl (C=O) groups is 2. The van der Waals surface area contributed by atoms with E-state index < -0.39 is 11.8 Å². The number of amides is 2. The van der Waals surface area contributed by atoms with Crippen LogP contribution < -0.4 is 20.1 Å². The number of carbonyl (C=O) groups excluding carboxylic acids is 2. The van der Waals surface area contributed by atoms with Crippen LogP contribution in [0.15, 0.2) is 12.1 Å². The van der Waals surface area contributed by atoms with Crippen LogP contribution in [0.4, 0.5) is 5.69 Å². The molecule has 0 aromatic heterocycles. The van der Waals surface area contributed by atoms with Crippen molar-refractivity contribution < 1.29 is 19.1 Å². The van der Waals surface area contributed by atoms with Crippen LogP contribution >= 0.6 is 0 Å². The van der Waals surface area contributed by atoms with Crippen molar-refractivity contribution >= 4 is 17.5 Å². The van der Waals surface area contributed by atoms with Gasteiger partial charge in [0.05, 0.1) is 5.69 Å². The number of nitrogens with two attached hydrogens (primary N) is 1. The SMILES string of the molecule is Cc1cc2c(cc1N(C)C(=O)C(N)=O)OCCO2. The van der Waals surface area contributed by atoms with E-state index in [-0.39, 0.29) is 0 Å². The first-order valence-electron chi connectivity index (χ1n) is 5.48. The molecule has 0 radical (unpaired) electrons. The number of anilines is 1. The summed E-state index contributed by atoms with van der Waals surface area (Å²) in [5.74, 6) is -0.560. The van der Waals surface area contributed by atoms with E-state index in [4.69, 9.17) is 15.2 Å². The van der Waals surface area contributed by atoms with Gasteiger partial charge in [0.1, 0.15) is 13.2 Å². The van der Waals surface area contributed by atoms with Crippen LogP contribution in [0.1, 0.15) is 5.56 Å². The Morgan fingerprint density at radius 1 is 1.22 bits per heavy atom. The lowest BCUT2D eigenvalue weighted by Crippen LogP contribution is -2.38. The van der Waals surface area contributed by atoms with Crippen molar-refractivity contribution in [3.8, 4) is 11.5 Å². The Kier molecular flexibility index (Phi) is 3.10. The zero-order valence-electron chi connectivity index (χ0n) is 10.2. The molecule has 0 spiro atoms. The third-order valence-electron chi connectivity index (χ3n) is 2.74. The van der Waals surface area contributed by atoms with Gasteiger partial charge in [0, 0.05) is 13.1 Å². The maximum absolute atomic E-state index is 11.5. The number of aryl methyl sites for hydroxylation is 1. The van der Waals surface area contributed by atoms with Crippen LogP contribution in [0.25, 0.3) is 0 Å². The molecule has 0 bridgehead atoms. The van der Waals surface area contributed by atoms with Gasteiger partial charge in [-0.05, 0) is 18.6 Å². The van der Waals surface area contributed by atoms with Crippen molar-refractivity contribution in [2.45, 2.75) is 6.92 Å². The van der Waals surface area contributed by atoms with Crippen LogP contribution in [0.5, 0.6) is 11.5 Å². The summed E-state index contributed by atoms with van der Waals surface area (Å²) in [7, 11) is 1.49. The van der Waals surface area contributed by atoms with E-state index in [0.717, 1.165) is 5.56 Å². The molecule has 6 nitrogen and oxygen atoms in total. The van der Waals surface area contributed by atoms with E-state index in [9.17, 15) is 9.59 Å². The van der Waals surface area contributed by atoms with Gasteiger partial charge in [-0.15, -0.1) is 0 Å². The maximum Gasteiger partial charge on any atom is 0.315 e. The topological polar surface area (TPSA) is 81.9 Å². The first kappa shape index (κ1) is 12.2. The average Bonchev–Trinajstić information content (AvgIpc) is 2.36. The molecule has 1 aliphatic rings. The Morgan fingerprint density at radius 3 is 2.33 bits per heavy atom. The highest BCUT2D eigenvalue weighted by Crippen LogP contribution is 2.36. The van der Waals surface area contributed by atoms with Gasteiger partial charge in [0.2, 0.25) is 0 Å². The molecule has 1 heterocycles. The number of benzene rings is 1. The number of hydrogen-bond acceptors (Lipinski definition) is 4. The van der Waals surface area contributed by atoms with Crippen LogP contribution in [-0.2, 0) is 9.59 Å². The minimum Gasteiger partial charge on any atom is -0.486 e. The molecule has 18 heavy (non-hydrogen) atoms. The second-order valence-electron chi connectivity index (χ2n) is 4.01. The van der Waals surface area contributed by atoms with Gasteiger partial charge in [-0.1, -0.05) is 0 Å². The number of fused-ring (bicyclic) bond motifs is 1. The fourth-order valence-corrected chi connectivity index (χ4v) is 1.82. The number of primary amides is 1. The smallest absolute Gasteiger partial charge is 0.315 e. The predicted molar refractivity (Wildman–Crippen MR) is 64.8 cm³/mol. The first-order valence-corrected chi connectivity index (χ1v) is 5.48. The summed E-state index contributed by atoms with van der Waals surface area (Å²) < 4.78 is 10.9. The van der Waals surface area contributed by atoms with Crippen molar-refractivity contribution in [3.63, 3.8) is 0 Å². The first-order chi connectivity index (χ1) is 8.50. The number of likely N-dealkylation sites (N-methyl/N-ethyl adjacent to an activating group) is 1. The number of rotatable bonds is 1. The fraction of sp³-hybridized carbons (Fsp3) is 0.333. The maximum atomic E-state index is 11.5. The second kappa shape index (κ2) is 4.56. The van der Waals surface area contributed by atoms with E-state index in [1.807, 2.05) is 6.92 Å². The van der Waals surface area contributed by atoms with Crippen molar-refractivity contribution in [2.75, 3.05) is 25.2 Å². The Bertz CT molecular complexity index is 513. The molecule has 2 amide bonds. The van der Waals surface area contributed by atoms with Crippen molar-refractivity contribution in [1.82, 2.24) is 0 Å². The van der Waals surface area contributed by atoms with Crippen LogP contribution in [-0.4, -0.2) is 32.1 Å². The van der Waals surface area contributed by atoms with E-state index in [0.29, 0.717) is 30.4 Å². The molecule has 0 saturated carbocycles. The fourth-order valence-electron chi connectivity index (χ4n) is 1.82. The average molecular weight is 250 g/mol. The molecule has 1 aromatic rings. The molecule has 6 heteroatoms. The Morgan fingerprint density at radius 2 is 1.78 bits per heavy atom. The van der Waals surface area contributed by atoms with Gasteiger partial charge < -0.3 is 20.1 Å². The Balaban J connectivity index is 2.39. The van der Waals surface area contributed by atoms with E-state index in [1.165, 1.54) is 11.9 Å². The third kappa shape index (κ3) is 2.09. The number of nitrogens with zero attached hydrogens (tertiary/aromatic N) is 1. The summed E-state index contributed by atoms with van der Waals surface area (Å²) in [4.78, 5) is 23.6. The summed E-state index contributed by atoms with van der Waals surface area (Å²) >= 11 is 0. The highest BCUT2D eigenvalue weighted by atomic mass is 16.6. The molecule has 0 unspecified atom stereocenters. The molecule has 2 rings (SSSR count). The largest absolute Gasteiger partial charge is 0.486 e. The van der Waals surface area contributed by atoms with Gasteiger partial charge in [0.25, 0.3) is 0 Å². The second-order valence-corrected chi connectivity index (χ2v) is 4.01. The third-order valence-corrected chi connectivity index (χ3v) is 2.74. The number of hydrogen-bond donors (Lipinski definition) is 1. The zero-order valence-corrected chi connectivity index (χ0v) is 10.2. The van der Waals surface area contributed by atoms with E-state index in [1.54, 1.807) is 12.1 Å². The summed E-state index contributed by atoms with van der Waals surface area (Å²) in [5, 5.41) is 0. The molecule has 0 fully saturated rings. The van der Waals surface area contributed by atoms with E-state index in [2.05, 4.69) is 0 Å². The summed E-state index contributed by atoms with van der Waals surface area (Å²) in [5.41, 5.74) is 6.35. The lowest BCUT2D eigenvalue weighted by molar-refractivity contribution is -0.135. The summed E-state index contributed by atoms with van der Waals surface area (Å²) in [6.07, 6.45) is 0. The predicted octanol–water partition coefficient (Wildman–Crippen LogP) is 0.214. The molecule has 1 aliphatic heterocycles. The van der Waals surface area contributed by atoms with Gasteiger partial charge in [-0.2, -0.15) is 0 Å². The van der Waals surface area contributed by atoms with E-state index >= 15 is 0 Å². The monoisotopic (exact) mass is 250 g/mol. The van der Waals surface area contributed by atoms with Crippen molar-refractivity contribution in [2.24, 2.45) is 5.73 Å².